The van der Waals surface area contributed by atoms with Crippen LogP contribution >= 0.6 is 0 Å². The zero-order valence-electron chi connectivity index (χ0n) is 16.6. The summed E-state index contributed by atoms with van der Waals surface area (Å²) in [5.41, 5.74) is 8.39. The second-order valence-electron chi connectivity index (χ2n) is 7.68. The molecule has 3 aromatic rings. The number of carbonyl (C=O) groups excluding carboxylic acids is 2. The highest BCUT2D eigenvalue weighted by Gasteiger charge is 2.42. The lowest BCUT2D eigenvalue weighted by atomic mass is 9.74. The fourth-order valence-electron chi connectivity index (χ4n) is 4.09. The van der Waals surface area contributed by atoms with Gasteiger partial charge in [0.2, 0.25) is 5.91 Å². The van der Waals surface area contributed by atoms with Gasteiger partial charge in [-0.05, 0) is 42.0 Å². The maximum Gasteiger partial charge on any atom is 0.274 e. The second kappa shape index (κ2) is 8.41. The van der Waals surface area contributed by atoms with Crippen molar-refractivity contribution in [3.63, 3.8) is 0 Å². The zero-order valence-corrected chi connectivity index (χ0v) is 16.6. The van der Waals surface area contributed by atoms with Crippen molar-refractivity contribution in [1.29, 1.82) is 0 Å². The molecule has 1 unspecified atom stereocenters. The number of piperidine rings is 1. The lowest BCUT2D eigenvalue weighted by Crippen LogP contribution is -2.53. The summed E-state index contributed by atoms with van der Waals surface area (Å²) in [6.45, 7) is 0.842. The van der Waals surface area contributed by atoms with Crippen molar-refractivity contribution in [3.05, 3.63) is 78.6 Å². The largest absolute Gasteiger partial charge is 0.369 e. The van der Waals surface area contributed by atoms with Crippen LogP contribution in [-0.2, 0) is 11.2 Å². The first-order valence-corrected chi connectivity index (χ1v) is 9.92. The van der Waals surface area contributed by atoms with Crippen LogP contribution in [0.2, 0.25) is 0 Å². The molecular weight excluding hydrogens is 378 g/mol. The number of hydrogen-bond acceptors (Lipinski definition) is 5. The molecule has 30 heavy (non-hydrogen) atoms. The molecule has 2 aromatic heterocycles. The van der Waals surface area contributed by atoms with Crippen LogP contribution in [-0.4, -0.2) is 44.8 Å². The van der Waals surface area contributed by atoms with Gasteiger partial charge < -0.3 is 10.6 Å². The van der Waals surface area contributed by atoms with E-state index in [0.717, 1.165) is 16.7 Å². The molecule has 7 heteroatoms. The van der Waals surface area contributed by atoms with Crippen LogP contribution in [0.1, 0.15) is 28.9 Å². The van der Waals surface area contributed by atoms with Crippen LogP contribution < -0.4 is 5.73 Å². The Kier molecular flexibility index (Phi) is 5.52. The SMILES string of the molecule is NC(=O)C1(Cc2cccc(-c3cccnc3)c2)CCCN(C(=O)c2cnccn2)C1. The van der Waals surface area contributed by atoms with E-state index in [1.807, 2.05) is 36.5 Å². The van der Waals surface area contributed by atoms with Crippen molar-refractivity contribution >= 4 is 11.8 Å². The molecule has 7 nitrogen and oxygen atoms in total. The highest BCUT2D eigenvalue weighted by atomic mass is 16.2. The third-order valence-electron chi connectivity index (χ3n) is 5.63. The predicted octanol–water partition coefficient (Wildman–Crippen LogP) is 2.49. The molecule has 0 bridgehead atoms. The third kappa shape index (κ3) is 4.05. The summed E-state index contributed by atoms with van der Waals surface area (Å²) in [4.78, 5) is 39.4. The Bertz CT molecular complexity index is 1040. The smallest absolute Gasteiger partial charge is 0.274 e. The first-order chi connectivity index (χ1) is 14.6. The number of hydrogen-bond donors (Lipinski definition) is 1. The molecule has 4 rings (SSSR count). The molecule has 0 radical (unpaired) electrons. The topological polar surface area (TPSA) is 102 Å². The van der Waals surface area contributed by atoms with Crippen molar-refractivity contribution in [2.24, 2.45) is 11.1 Å². The zero-order chi connectivity index (χ0) is 21.0. The van der Waals surface area contributed by atoms with E-state index in [-0.39, 0.29) is 24.1 Å². The van der Waals surface area contributed by atoms with E-state index in [2.05, 4.69) is 21.0 Å². The maximum atomic E-state index is 12.9. The minimum Gasteiger partial charge on any atom is -0.369 e. The van der Waals surface area contributed by atoms with Gasteiger partial charge in [0.15, 0.2) is 0 Å². The van der Waals surface area contributed by atoms with E-state index >= 15 is 0 Å². The van der Waals surface area contributed by atoms with Crippen LogP contribution in [0.25, 0.3) is 11.1 Å². The van der Waals surface area contributed by atoms with Gasteiger partial charge in [-0.25, -0.2) is 4.98 Å². The lowest BCUT2D eigenvalue weighted by molar-refractivity contribution is -0.130. The maximum absolute atomic E-state index is 12.9. The monoisotopic (exact) mass is 401 g/mol. The quantitative estimate of drug-likeness (QED) is 0.708. The molecule has 2 amide bonds. The molecule has 1 saturated heterocycles. The summed E-state index contributed by atoms with van der Waals surface area (Å²) < 4.78 is 0. The van der Waals surface area contributed by atoms with Gasteiger partial charge in [0, 0.05) is 37.9 Å². The standard InChI is InChI=1S/C23H23N5O2/c24-22(30)23(7-3-11-28(16-23)21(29)20-15-26-9-10-27-20)13-17-4-1-5-18(12-17)19-6-2-8-25-14-19/h1-2,4-6,8-10,12,14-15H,3,7,11,13,16H2,(H2,24,30). The molecule has 0 spiro atoms. The molecule has 3 heterocycles. The van der Waals surface area contributed by atoms with Crippen molar-refractivity contribution in [2.75, 3.05) is 13.1 Å². The van der Waals surface area contributed by atoms with E-state index in [0.29, 0.717) is 25.8 Å². The summed E-state index contributed by atoms with van der Waals surface area (Å²) in [6.07, 6.45) is 9.82. The number of benzene rings is 1. The molecule has 1 aliphatic rings. The van der Waals surface area contributed by atoms with Gasteiger partial charge in [-0.2, -0.15) is 0 Å². The van der Waals surface area contributed by atoms with E-state index in [1.165, 1.54) is 18.6 Å². The van der Waals surface area contributed by atoms with Gasteiger partial charge in [0.25, 0.3) is 5.91 Å². The average Bonchev–Trinajstić information content (AvgIpc) is 2.80. The number of amides is 2. The summed E-state index contributed by atoms with van der Waals surface area (Å²) in [7, 11) is 0. The van der Waals surface area contributed by atoms with Crippen LogP contribution in [0.3, 0.4) is 0 Å². The van der Waals surface area contributed by atoms with Gasteiger partial charge in [0.05, 0.1) is 11.6 Å². The summed E-state index contributed by atoms with van der Waals surface area (Å²) in [5, 5.41) is 0. The Morgan fingerprint density at radius 3 is 2.60 bits per heavy atom. The number of likely N-dealkylation sites (tertiary alicyclic amines) is 1. The normalized spacial score (nSPS) is 18.7. The fourth-order valence-corrected chi connectivity index (χ4v) is 4.09. The van der Waals surface area contributed by atoms with E-state index in [9.17, 15) is 9.59 Å². The Morgan fingerprint density at radius 1 is 1.03 bits per heavy atom. The molecule has 152 valence electrons. The van der Waals surface area contributed by atoms with Crippen LogP contribution in [0.4, 0.5) is 0 Å². The molecule has 0 saturated carbocycles. The minimum absolute atomic E-state index is 0.225. The molecular formula is C23H23N5O2. The molecule has 1 fully saturated rings. The summed E-state index contributed by atoms with van der Waals surface area (Å²) in [5.74, 6) is -0.608. The summed E-state index contributed by atoms with van der Waals surface area (Å²) >= 11 is 0. The number of pyridine rings is 1. The number of nitrogens with two attached hydrogens (primary N) is 1. The Labute approximate surface area is 175 Å². The molecule has 1 atom stereocenters. The highest BCUT2D eigenvalue weighted by molar-refractivity contribution is 5.93. The van der Waals surface area contributed by atoms with Crippen molar-refractivity contribution in [2.45, 2.75) is 19.3 Å². The number of nitrogens with zero attached hydrogens (tertiary/aromatic N) is 4. The van der Waals surface area contributed by atoms with Crippen LogP contribution in [0.5, 0.6) is 0 Å². The Balaban J connectivity index is 1.59. The van der Waals surface area contributed by atoms with Gasteiger partial charge in [-0.1, -0.05) is 30.3 Å². The second-order valence-corrected chi connectivity index (χ2v) is 7.68. The van der Waals surface area contributed by atoms with E-state index in [1.54, 1.807) is 11.1 Å². The van der Waals surface area contributed by atoms with Gasteiger partial charge in [-0.3, -0.25) is 19.6 Å². The Hall–Kier alpha value is -3.61. The van der Waals surface area contributed by atoms with Gasteiger partial charge in [-0.15, -0.1) is 0 Å². The highest BCUT2D eigenvalue weighted by Crippen LogP contribution is 2.35. The molecule has 1 aromatic carbocycles. The van der Waals surface area contributed by atoms with Crippen molar-refractivity contribution in [3.8, 4) is 11.1 Å². The van der Waals surface area contributed by atoms with Crippen LogP contribution in [0, 0.1) is 5.41 Å². The predicted molar refractivity (Wildman–Crippen MR) is 112 cm³/mol. The minimum atomic E-state index is -0.816. The number of aromatic nitrogens is 3. The number of carbonyl (C=O) groups is 2. The number of primary amides is 1. The lowest BCUT2D eigenvalue weighted by Gasteiger charge is -2.40. The Morgan fingerprint density at radius 2 is 1.87 bits per heavy atom. The van der Waals surface area contributed by atoms with E-state index in [4.69, 9.17) is 5.73 Å². The van der Waals surface area contributed by atoms with Gasteiger partial charge in [0.1, 0.15) is 5.69 Å². The summed E-state index contributed by atoms with van der Waals surface area (Å²) in [6, 6.07) is 11.9. The molecule has 0 aliphatic carbocycles. The fraction of sp³-hybridized carbons (Fsp3) is 0.261. The van der Waals surface area contributed by atoms with Crippen LogP contribution in [0.15, 0.2) is 67.4 Å². The van der Waals surface area contributed by atoms with Crippen molar-refractivity contribution < 1.29 is 9.59 Å². The average molecular weight is 401 g/mol. The first kappa shape index (κ1) is 19.7. The third-order valence-corrected chi connectivity index (χ3v) is 5.63. The van der Waals surface area contributed by atoms with Crippen molar-refractivity contribution in [1.82, 2.24) is 19.9 Å². The number of rotatable bonds is 5. The van der Waals surface area contributed by atoms with Gasteiger partial charge >= 0.3 is 0 Å². The first-order valence-electron chi connectivity index (χ1n) is 9.92. The van der Waals surface area contributed by atoms with E-state index < -0.39 is 5.41 Å². The molecule has 1 aliphatic heterocycles. The molecule has 2 N–H and O–H groups in total.